The first-order valence-corrected chi connectivity index (χ1v) is 6.79. The first-order chi connectivity index (χ1) is 8.39. The van der Waals surface area contributed by atoms with Crippen LogP contribution in [0.5, 0.6) is 0 Å². The van der Waals surface area contributed by atoms with Crippen LogP contribution in [0.3, 0.4) is 0 Å². The van der Waals surface area contributed by atoms with Gasteiger partial charge in [-0.2, -0.15) is 4.31 Å². The number of benzene rings is 1. The van der Waals surface area contributed by atoms with Crippen LogP contribution in [0, 0.1) is 5.82 Å². The molecule has 1 atom stereocenters. The topological polar surface area (TPSA) is 72.6 Å². The van der Waals surface area contributed by atoms with Gasteiger partial charge in [0.25, 0.3) is 0 Å². The molecule has 0 amide bonds. The Kier molecular flexibility index (Phi) is 5.21. The maximum absolute atomic E-state index is 13.5. The SMILES string of the molecule is COCC(N)CN(C)S(=O)(=O)c1ccccc1F. The summed E-state index contributed by atoms with van der Waals surface area (Å²) in [6, 6.07) is 4.78. The van der Waals surface area contributed by atoms with Crippen molar-refractivity contribution in [3.8, 4) is 0 Å². The quantitative estimate of drug-likeness (QED) is 0.817. The van der Waals surface area contributed by atoms with Crippen molar-refractivity contribution in [3.63, 3.8) is 0 Å². The van der Waals surface area contributed by atoms with Gasteiger partial charge in [-0.3, -0.25) is 0 Å². The lowest BCUT2D eigenvalue weighted by atomic mass is 10.3. The summed E-state index contributed by atoms with van der Waals surface area (Å²) >= 11 is 0. The summed E-state index contributed by atoms with van der Waals surface area (Å²) in [7, 11) is -1.02. The van der Waals surface area contributed by atoms with E-state index in [4.69, 9.17) is 10.5 Å². The molecule has 0 radical (unpaired) electrons. The normalized spacial score (nSPS) is 13.8. The van der Waals surface area contributed by atoms with Crippen LogP contribution in [0.15, 0.2) is 29.2 Å². The minimum absolute atomic E-state index is 0.0600. The highest BCUT2D eigenvalue weighted by atomic mass is 32.2. The second kappa shape index (κ2) is 6.24. The second-order valence-electron chi connectivity index (χ2n) is 3.93. The maximum Gasteiger partial charge on any atom is 0.245 e. The lowest BCUT2D eigenvalue weighted by molar-refractivity contribution is 0.173. The van der Waals surface area contributed by atoms with E-state index in [1.54, 1.807) is 0 Å². The fourth-order valence-electron chi connectivity index (χ4n) is 1.52. The molecule has 0 aromatic heterocycles. The molecule has 0 heterocycles. The molecule has 5 nitrogen and oxygen atoms in total. The van der Waals surface area contributed by atoms with Gasteiger partial charge < -0.3 is 10.5 Å². The Bertz CT molecular complexity index is 493. The summed E-state index contributed by atoms with van der Waals surface area (Å²) in [6.07, 6.45) is 0. The molecule has 0 aliphatic rings. The minimum Gasteiger partial charge on any atom is -0.383 e. The molecule has 18 heavy (non-hydrogen) atoms. The van der Waals surface area contributed by atoms with Gasteiger partial charge in [0, 0.05) is 26.7 Å². The van der Waals surface area contributed by atoms with Gasteiger partial charge in [0.05, 0.1) is 6.61 Å². The standard InChI is InChI=1S/C11H17FN2O3S/c1-14(7-9(13)8-17-2)18(15,16)11-6-4-3-5-10(11)12/h3-6,9H,7-8,13H2,1-2H3. The highest BCUT2D eigenvalue weighted by Gasteiger charge is 2.25. The molecular weight excluding hydrogens is 259 g/mol. The van der Waals surface area contributed by atoms with Gasteiger partial charge in [-0.1, -0.05) is 12.1 Å². The first-order valence-electron chi connectivity index (χ1n) is 5.35. The van der Waals surface area contributed by atoms with Crippen LogP contribution in [0.25, 0.3) is 0 Å². The fourth-order valence-corrected chi connectivity index (χ4v) is 2.81. The van der Waals surface area contributed by atoms with E-state index in [1.807, 2.05) is 0 Å². The number of likely N-dealkylation sites (N-methyl/N-ethyl adjacent to an activating group) is 1. The molecule has 0 aliphatic carbocycles. The number of halogens is 1. The zero-order valence-corrected chi connectivity index (χ0v) is 11.2. The van der Waals surface area contributed by atoms with Crippen LogP contribution in [-0.2, 0) is 14.8 Å². The number of nitrogens with zero attached hydrogens (tertiary/aromatic N) is 1. The van der Waals surface area contributed by atoms with E-state index in [9.17, 15) is 12.8 Å². The van der Waals surface area contributed by atoms with Crippen LogP contribution in [-0.4, -0.2) is 46.1 Å². The van der Waals surface area contributed by atoms with E-state index >= 15 is 0 Å². The molecule has 0 saturated heterocycles. The Hall–Kier alpha value is -1.02. The molecule has 102 valence electrons. The summed E-state index contributed by atoms with van der Waals surface area (Å²) in [5.41, 5.74) is 5.67. The molecule has 0 saturated carbocycles. The van der Waals surface area contributed by atoms with Gasteiger partial charge in [-0.15, -0.1) is 0 Å². The van der Waals surface area contributed by atoms with Crippen molar-refractivity contribution in [2.24, 2.45) is 5.73 Å². The zero-order valence-electron chi connectivity index (χ0n) is 10.3. The second-order valence-corrected chi connectivity index (χ2v) is 5.94. The Morgan fingerprint density at radius 2 is 2.06 bits per heavy atom. The van der Waals surface area contributed by atoms with Gasteiger partial charge in [-0.05, 0) is 12.1 Å². The Labute approximate surface area is 106 Å². The van der Waals surface area contributed by atoms with Crippen molar-refractivity contribution in [3.05, 3.63) is 30.1 Å². The maximum atomic E-state index is 13.5. The van der Waals surface area contributed by atoms with E-state index in [0.717, 1.165) is 10.4 Å². The van der Waals surface area contributed by atoms with Gasteiger partial charge in [0.2, 0.25) is 10.0 Å². The largest absolute Gasteiger partial charge is 0.383 e. The third kappa shape index (κ3) is 3.49. The van der Waals surface area contributed by atoms with Crippen LogP contribution in [0.4, 0.5) is 4.39 Å². The summed E-state index contributed by atoms with van der Waals surface area (Å²) in [5.74, 6) is -0.773. The molecule has 1 aromatic rings. The average molecular weight is 276 g/mol. The third-order valence-corrected chi connectivity index (χ3v) is 4.25. The van der Waals surface area contributed by atoms with E-state index in [2.05, 4.69) is 0 Å². The lowest BCUT2D eigenvalue weighted by Gasteiger charge is -2.21. The van der Waals surface area contributed by atoms with Crippen LogP contribution >= 0.6 is 0 Å². The molecule has 0 spiro atoms. The van der Waals surface area contributed by atoms with Crippen molar-refractivity contribution in [1.82, 2.24) is 4.31 Å². The molecule has 0 bridgehead atoms. The van der Waals surface area contributed by atoms with Crippen molar-refractivity contribution >= 4 is 10.0 Å². The van der Waals surface area contributed by atoms with E-state index in [1.165, 1.54) is 32.4 Å². The van der Waals surface area contributed by atoms with Crippen LogP contribution in [0.2, 0.25) is 0 Å². The van der Waals surface area contributed by atoms with Gasteiger partial charge in [0.15, 0.2) is 0 Å². The van der Waals surface area contributed by atoms with Crippen molar-refractivity contribution in [2.75, 3.05) is 27.3 Å². The van der Waals surface area contributed by atoms with Crippen LogP contribution in [0.1, 0.15) is 0 Å². The average Bonchev–Trinajstić information content (AvgIpc) is 2.29. The first kappa shape index (κ1) is 15.0. The Morgan fingerprint density at radius 1 is 1.44 bits per heavy atom. The Balaban J connectivity index is 2.90. The number of sulfonamides is 1. The lowest BCUT2D eigenvalue weighted by Crippen LogP contribution is -2.41. The molecule has 7 heteroatoms. The molecule has 1 aromatic carbocycles. The van der Waals surface area contributed by atoms with Crippen molar-refractivity contribution < 1.29 is 17.5 Å². The summed E-state index contributed by atoms with van der Waals surface area (Å²) in [6.45, 7) is 0.293. The highest BCUT2D eigenvalue weighted by molar-refractivity contribution is 7.89. The van der Waals surface area contributed by atoms with Crippen molar-refractivity contribution in [2.45, 2.75) is 10.9 Å². The molecule has 1 rings (SSSR count). The van der Waals surface area contributed by atoms with Crippen LogP contribution < -0.4 is 5.73 Å². The Morgan fingerprint density at radius 3 is 2.61 bits per heavy atom. The molecule has 1 unspecified atom stereocenters. The van der Waals surface area contributed by atoms with E-state index in [0.29, 0.717) is 0 Å². The van der Waals surface area contributed by atoms with Gasteiger partial charge in [-0.25, -0.2) is 12.8 Å². The number of methoxy groups -OCH3 is 1. The van der Waals surface area contributed by atoms with Gasteiger partial charge in [0.1, 0.15) is 10.7 Å². The number of nitrogens with two attached hydrogens (primary N) is 1. The molecule has 0 aliphatic heterocycles. The number of hydrogen-bond donors (Lipinski definition) is 1. The predicted octanol–water partition coefficient (Wildman–Crippen LogP) is 0.420. The highest BCUT2D eigenvalue weighted by Crippen LogP contribution is 2.17. The molecular formula is C11H17FN2O3S. The van der Waals surface area contributed by atoms with Crippen molar-refractivity contribution in [1.29, 1.82) is 0 Å². The monoisotopic (exact) mass is 276 g/mol. The van der Waals surface area contributed by atoms with E-state index in [-0.39, 0.29) is 18.0 Å². The van der Waals surface area contributed by atoms with E-state index < -0.39 is 21.9 Å². The fraction of sp³-hybridized carbons (Fsp3) is 0.455. The number of rotatable bonds is 6. The van der Waals surface area contributed by atoms with Gasteiger partial charge >= 0.3 is 0 Å². The summed E-state index contributed by atoms with van der Waals surface area (Å²) in [5, 5.41) is 0. The number of ether oxygens (including phenoxy) is 1. The summed E-state index contributed by atoms with van der Waals surface area (Å²) < 4.78 is 43.5. The number of hydrogen-bond acceptors (Lipinski definition) is 4. The third-order valence-electron chi connectivity index (χ3n) is 2.40. The molecule has 2 N–H and O–H groups in total. The predicted molar refractivity (Wildman–Crippen MR) is 66.1 cm³/mol. The summed E-state index contributed by atoms with van der Waals surface area (Å²) in [4.78, 5) is -0.350. The zero-order chi connectivity index (χ0) is 13.8. The molecule has 0 fully saturated rings. The smallest absolute Gasteiger partial charge is 0.245 e. The minimum atomic E-state index is -3.86.